The first-order valence-corrected chi connectivity index (χ1v) is 4.60. The highest BCUT2D eigenvalue weighted by Crippen LogP contribution is 1.98. The fraction of sp³-hybridized carbons (Fsp3) is 0.556. The Kier molecular flexibility index (Phi) is 4.26. The molecule has 1 aromatic heterocycles. The number of aliphatic hydroxyl groups is 1. The second kappa shape index (κ2) is 5.47. The summed E-state index contributed by atoms with van der Waals surface area (Å²) in [5.74, 6) is 0.984. The van der Waals surface area contributed by atoms with Crippen LogP contribution in [0.4, 0.5) is 5.82 Å². The number of methoxy groups -OCH3 is 1. The van der Waals surface area contributed by atoms with Crippen molar-refractivity contribution in [1.29, 1.82) is 0 Å². The van der Waals surface area contributed by atoms with Crippen LogP contribution in [-0.2, 0) is 4.74 Å². The summed E-state index contributed by atoms with van der Waals surface area (Å²) in [4.78, 5) is 17.6. The number of nitrogens with one attached hydrogen (secondary N) is 2. The Morgan fingerprint density at radius 3 is 3.07 bits per heavy atom. The first-order chi connectivity index (χ1) is 7.11. The van der Waals surface area contributed by atoms with Gasteiger partial charge < -0.3 is 20.1 Å². The standard InChI is InChI=1S/C9H15N3O3/c1-6-11-8(3-9(14)12-6)10-4-7(13)5-15-2/h3,7,13H,4-5H2,1-2H3,(H2,10,11,12,14). The van der Waals surface area contributed by atoms with E-state index in [1.807, 2.05) is 0 Å². The molecule has 0 aliphatic rings. The number of nitrogens with zero attached hydrogens (tertiary/aromatic N) is 1. The molecule has 6 heteroatoms. The maximum atomic E-state index is 11.1. The number of aromatic nitrogens is 2. The van der Waals surface area contributed by atoms with Gasteiger partial charge in [0, 0.05) is 19.7 Å². The lowest BCUT2D eigenvalue weighted by molar-refractivity contribution is 0.0727. The van der Waals surface area contributed by atoms with Gasteiger partial charge in [0.05, 0.1) is 12.7 Å². The number of rotatable bonds is 5. The van der Waals surface area contributed by atoms with Crippen LogP contribution < -0.4 is 10.9 Å². The second-order valence-corrected chi connectivity index (χ2v) is 3.21. The zero-order valence-corrected chi connectivity index (χ0v) is 8.78. The minimum Gasteiger partial charge on any atom is -0.389 e. The molecule has 1 unspecified atom stereocenters. The topological polar surface area (TPSA) is 87.2 Å². The molecule has 6 nitrogen and oxygen atoms in total. The predicted molar refractivity (Wildman–Crippen MR) is 56.0 cm³/mol. The number of aromatic amines is 1. The lowest BCUT2D eigenvalue weighted by atomic mass is 10.4. The van der Waals surface area contributed by atoms with E-state index in [4.69, 9.17) is 4.74 Å². The molecule has 0 aliphatic heterocycles. The van der Waals surface area contributed by atoms with Crippen molar-refractivity contribution in [2.24, 2.45) is 0 Å². The molecular formula is C9H15N3O3. The summed E-state index contributed by atoms with van der Waals surface area (Å²) in [7, 11) is 1.51. The average molecular weight is 213 g/mol. The Hall–Kier alpha value is -1.40. The number of aryl methyl sites for hydroxylation is 1. The van der Waals surface area contributed by atoms with Gasteiger partial charge in [0.25, 0.3) is 5.56 Å². The van der Waals surface area contributed by atoms with Crippen molar-refractivity contribution in [3.8, 4) is 0 Å². The molecule has 0 spiro atoms. The number of H-pyrrole nitrogens is 1. The van der Waals surface area contributed by atoms with Crippen LogP contribution in [0.5, 0.6) is 0 Å². The number of anilines is 1. The molecule has 0 saturated heterocycles. The largest absolute Gasteiger partial charge is 0.389 e. The molecule has 0 radical (unpaired) electrons. The third-order valence-corrected chi connectivity index (χ3v) is 1.74. The summed E-state index contributed by atoms with van der Waals surface area (Å²) in [6, 6.07) is 1.34. The lowest BCUT2D eigenvalue weighted by Crippen LogP contribution is -2.25. The van der Waals surface area contributed by atoms with Crippen molar-refractivity contribution in [2.45, 2.75) is 13.0 Å². The van der Waals surface area contributed by atoms with Crippen molar-refractivity contribution in [3.05, 3.63) is 22.2 Å². The van der Waals surface area contributed by atoms with Crippen molar-refractivity contribution < 1.29 is 9.84 Å². The van der Waals surface area contributed by atoms with Gasteiger partial charge in [-0.3, -0.25) is 4.79 Å². The highest BCUT2D eigenvalue weighted by atomic mass is 16.5. The molecule has 0 saturated carbocycles. The highest BCUT2D eigenvalue weighted by molar-refractivity contribution is 5.32. The Bertz CT molecular complexity index is 364. The monoisotopic (exact) mass is 213 g/mol. The van der Waals surface area contributed by atoms with E-state index in [9.17, 15) is 9.90 Å². The summed E-state index contributed by atoms with van der Waals surface area (Å²) >= 11 is 0. The lowest BCUT2D eigenvalue weighted by Gasteiger charge is -2.10. The first-order valence-electron chi connectivity index (χ1n) is 4.60. The zero-order chi connectivity index (χ0) is 11.3. The summed E-state index contributed by atoms with van der Waals surface area (Å²) in [6.45, 7) is 2.23. The van der Waals surface area contributed by atoms with Crippen LogP contribution in [0.2, 0.25) is 0 Å². The van der Waals surface area contributed by atoms with Gasteiger partial charge in [0.1, 0.15) is 11.6 Å². The molecule has 0 aromatic carbocycles. The Balaban J connectivity index is 2.54. The van der Waals surface area contributed by atoms with Crippen LogP contribution in [-0.4, -0.2) is 41.4 Å². The van der Waals surface area contributed by atoms with Crippen molar-refractivity contribution >= 4 is 5.82 Å². The third kappa shape index (κ3) is 4.09. The van der Waals surface area contributed by atoms with Crippen LogP contribution in [0.3, 0.4) is 0 Å². The van der Waals surface area contributed by atoms with E-state index in [-0.39, 0.29) is 12.2 Å². The molecule has 15 heavy (non-hydrogen) atoms. The van der Waals surface area contributed by atoms with Crippen LogP contribution in [0.15, 0.2) is 10.9 Å². The van der Waals surface area contributed by atoms with Crippen molar-refractivity contribution in [1.82, 2.24) is 9.97 Å². The average Bonchev–Trinajstić information content (AvgIpc) is 2.14. The van der Waals surface area contributed by atoms with Gasteiger partial charge in [-0.25, -0.2) is 4.98 Å². The van der Waals surface area contributed by atoms with E-state index in [1.54, 1.807) is 6.92 Å². The third-order valence-electron chi connectivity index (χ3n) is 1.74. The van der Waals surface area contributed by atoms with Crippen molar-refractivity contribution in [3.63, 3.8) is 0 Å². The number of aliphatic hydroxyl groups excluding tert-OH is 1. The predicted octanol–water partition coefficient (Wildman–Crippen LogP) is -0.502. The van der Waals surface area contributed by atoms with E-state index < -0.39 is 6.10 Å². The molecule has 0 amide bonds. The fourth-order valence-electron chi connectivity index (χ4n) is 1.14. The molecule has 0 bridgehead atoms. The summed E-state index contributed by atoms with van der Waals surface area (Å²) in [5, 5.41) is 12.2. The van der Waals surface area contributed by atoms with Gasteiger partial charge in [-0.05, 0) is 6.92 Å². The molecular weight excluding hydrogens is 198 g/mol. The van der Waals surface area contributed by atoms with Crippen LogP contribution in [0.25, 0.3) is 0 Å². The van der Waals surface area contributed by atoms with Gasteiger partial charge in [-0.1, -0.05) is 0 Å². The van der Waals surface area contributed by atoms with Crippen LogP contribution in [0.1, 0.15) is 5.82 Å². The van der Waals surface area contributed by atoms with Gasteiger partial charge in [0.2, 0.25) is 0 Å². The molecule has 1 rings (SSSR count). The summed E-state index contributed by atoms with van der Waals surface area (Å²) in [6.07, 6.45) is -0.614. The summed E-state index contributed by atoms with van der Waals surface area (Å²) < 4.78 is 4.76. The molecule has 0 fully saturated rings. The normalized spacial score (nSPS) is 12.5. The number of ether oxygens (including phenoxy) is 1. The van der Waals surface area contributed by atoms with Gasteiger partial charge in [0.15, 0.2) is 0 Å². The van der Waals surface area contributed by atoms with E-state index in [2.05, 4.69) is 15.3 Å². The zero-order valence-electron chi connectivity index (χ0n) is 8.78. The number of hydrogen-bond acceptors (Lipinski definition) is 5. The minimum absolute atomic E-state index is 0.216. The van der Waals surface area contributed by atoms with Gasteiger partial charge >= 0.3 is 0 Å². The van der Waals surface area contributed by atoms with Crippen LogP contribution in [0, 0.1) is 6.92 Å². The maximum absolute atomic E-state index is 11.1. The molecule has 0 aliphatic carbocycles. The minimum atomic E-state index is -0.614. The second-order valence-electron chi connectivity index (χ2n) is 3.21. The molecule has 1 atom stereocenters. The Morgan fingerprint density at radius 1 is 1.73 bits per heavy atom. The molecule has 84 valence electrons. The fourth-order valence-corrected chi connectivity index (χ4v) is 1.14. The molecule has 3 N–H and O–H groups in total. The summed E-state index contributed by atoms with van der Waals surface area (Å²) in [5.41, 5.74) is -0.216. The van der Waals surface area contributed by atoms with E-state index in [1.165, 1.54) is 13.2 Å². The SMILES string of the molecule is COCC(O)CNc1cc(=O)[nH]c(C)n1. The highest BCUT2D eigenvalue weighted by Gasteiger charge is 2.04. The first kappa shape index (κ1) is 11.7. The Morgan fingerprint density at radius 2 is 2.47 bits per heavy atom. The smallest absolute Gasteiger partial charge is 0.252 e. The number of hydrogen-bond donors (Lipinski definition) is 3. The molecule has 1 aromatic rings. The van der Waals surface area contributed by atoms with E-state index >= 15 is 0 Å². The Labute approximate surface area is 87.3 Å². The van der Waals surface area contributed by atoms with Gasteiger partial charge in [-0.2, -0.15) is 0 Å². The van der Waals surface area contributed by atoms with Gasteiger partial charge in [-0.15, -0.1) is 0 Å². The van der Waals surface area contributed by atoms with Crippen LogP contribution >= 0.6 is 0 Å². The van der Waals surface area contributed by atoms with Crippen molar-refractivity contribution in [2.75, 3.05) is 25.6 Å². The maximum Gasteiger partial charge on any atom is 0.252 e. The van der Waals surface area contributed by atoms with E-state index in [0.717, 1.165) is 0 Å². The quantitative estimate of drug-likeness (QED) is 0.613. The van der Waals surface area contributed by atoms with E-state index in [0.29, 0.717) is 18.2 Å². The molecule has 1 heterocycles.